The molecule has 17 heavy (non-hydrogen) atoms. The Bertz CT molecular complexity index is 272. The molecule has 0 aromatic heterocycles. The zero-order valence-electron chi connectivity index (χ0n) is 10.5. The number of nitrogens with one attached hydrogen (secondary N) is 1. The van der Waals surface area contributed by atoms with Crippen molar-refractivity contribution >= 4 is 40.7 Å². The molecule has 1 fully saturated rings. The molecule has 0 heterocycles. The maximum atomic E-state index is 11.5. The monoisotopic (exact) mass is 299 g/mol. The van der Waals surface area contributed by atoms with Crippen molar-refractivity contribution in [2.24, 2.45) is 11.3 Å². The summed E-state index contributed by atoms with van der Waals surface area (Å²) in [5.74, 6) is 0.199. The Morgan fingerprint density at radius 1 is 1.06 bits per heavy atom. The van der Waals surface area contributed by atoms with Crippen molar-refractivity contribution in [3.8, 4) is 0 Å². The average Bonchev–Trinajstić information content (AvgIpc) is 2.15. The zero-order chi connectivity index (χ0) is 13.3. The molecular formula is C12H20Cl3NO. The van der Waals surface area contributed by atoms with Gasteiger partial charge in [0.2, 0.25) is 0 Å². The van der Waals surface area contributed by atoms with E-state index >= 15 is 0 Å². The highest BCUT2D eigenvalue weighted by molar-refractivity contribution is 6.76. The predicted octanol–water partition coefficient (Wildman–Crippen LogP) is 4.08. The number of alkyl halides is 3. The second kappa shape index (κ2) is 5.54. The minimum absolute atomic E-state index is 0.150. The van der Waals surface area contributed by atoms with Crippen molar-refractivity contribution in [2.45, 2.75) is 56.3 Å². The smallest absolute Gasteiger partial charge is 0.272 e. The first-order valence-electron chi connectivity index (χ1n) is 5.98. The van der Waals surface area contributed by atoms with Crippen LogP contribution in [0.15, 0.2) is 0 Å². The molecule has 1 rings (SSSR count). The lowest BCUT2D eigenvalue weighted by atomic mass is 9.71. The Hall–Kier alpha value is 0.340. The maximum absolute atomic E-state index is 11.5. The van der Waals surface area contributed by atoms with Gasteiger partial charge < -0.3 is 5.32 Å². The molecule has 5 heteroatoms. The van der Waals surface area contributed by atoms with E-state index in [-0.39, 0.29) is 6.04 Å². The van der Waals surface area contributed by atoms with E-state index in [0.29, 0.717) is 11.3 Å². The first-order valence-corrected chi connectivity index (χ1v) is 7.12. The summed E-state index contributed by atoms with van der Waals surface area (Å²) >= 11 is 16.6. The Morgan fingerprint density at radius 2 is 1.53 bits per heavy atom. The molecule has 1 aliphatic carbocycles. The third-order valence-electron chi connectivity index (χ3n) is 3.54. The highest BCUT2D eigenvalue weighted by atomic mass is 35.6. The van der Waals surface area contributed by atoms with E-state index in [9.17, 15) is 4.79 Å². The summed E-state index contributed by atoms with van der Waals surface area (Å²) in [6.45, 7) is 6.79. The molecule has 0 saturated heterocycles. The van der Waals surface area contributed by atoms with Gasteiger partial charge in [-0.1, -0.05) is 55.6 Å². The minimum Gasteiger partial charge on any atom is -0.350 e. The molecule has 0 atom stereocenters. The number of hydrogen-bond acceptors (Lipinski definition) is 1. The van der Waals surface area contributed by atoms with Crippen LogP contribution < -0.4 is 5.32 Å². The van der Waals surface area contributed by atoms with E-state index in [1.165, 1.54) is 0 Å². The van der Waals surface area contributed by atoms with E-state index in [4.69, 9.17) is 34.8 Å². The van der Waals surface area contributed by atoms with Crippen LogP contribution in [0.5, 0.6) is 0 Å². The summed E-state index contributed by atoms with van der Waals surface area (Å²) in [6, 6.07) is 0.150. The second-order valence-corrected chi connectivity index (χ2v) is 8.17. The lowest BCUT2D eigenvalue weighted by molar-refractivity contribution is -0.121. The number of halogens is 3. The molecule has 0 radical (unpaired) electrons. The second-order valence-electron chi connectivity index (χ2n) is 5.89. The van der Waals surface area contributed by atoms with Crippen LogP contribution in [0, 0.1) is 11.3 Å². The maximum Gasteiger partial charge on any atom is 0.272 e. The van der Waals surface area contributed by atoms with Crippen molar-refractivity contribution in [3.05, 3.63) is 0 Å². The Kier molecular flexibility index (Phi) is 5.02. The molecule has 2 nitrogen and oxygen atoms in total. The normalized spacial score (nSPS) is 26.7. The molecule has 0 aromatic carbocycles. The van der Waals surface area contributed by atoms with Gasteiger partial charge in [0.15, 0.2) is 0 Å². The van der Waals surface area contributed by atoms with E-state index in [1.807, 2.05) is 0 Å². The van der Waals surface area contributed by atoms with Crippen LogP contribution in [-0.4, -0.2) is 15.7 Å². The summed E-state index contributed by atoms with van der Waals surface area (Å²) in [7, 11) is 0. The van der Waals surface area contributed by atoms with Gasteiger partial charge in [-0.25, -0.2) is 0 Å². The predicted molar refractivity (Wildman–Crippen MR) is 73.6 cm³/mol. The van der Waals surface area contributed by atoms with Crippen molar-refractivity contribution in [1.82, 2.24) is 5.32 Å². The molecule has 0 aromatic rings. The molecule has 1 amide bonds. The fourth-order valence-electron chi connectivity index (χ4n) is 2.37. The van der Waals surface area contributed by atoms with Crippen LogP contribution in [0.1, 0.15) is 46.5 Å². The molecular weight excluding hydrogens is 280 g/mol. The summed E-state index contributed by atoms with van der Waals surface area (Å²) < 4.78 is -1.85. The summed E-state index contributed by atoms with van der Waals surface area (Å²) in [6.07, 6.45) is 4.17. The Balaban J connectivity index is 2.41. The van der Waals surface area contributed by atoms with Gasteiger partial charge in [0, 0.05) is 6.04 Å². The number of carbonyl (C=O) groups is 1. The summed E-state index contributed by atoms with van der Waals surface area (Å²) in [5.41, 5.74) is 0.337. The van der Waals surface area contributed by atoms with Crippen LogP contribution in [0.4, 0.5) is 0 Å². The first-order chi connectivity index (χ1) is 7.60. The molecule has 0 bridgehead atoms. The summed E-state index contributed by atoms with van der Waals surface area (Å²) in [4.78, 5) is 11.5. The number of rotatable bonds is 1. The Labute approximate surface area is 118 Å². The van der Waals surface area contributed by atoms with Gasteiger partial charge in [-0.2, -0.15) is 0 Å². The molecule has 1 N–H and O–H groups in total. The van der Waals surface area contributed by atoms with Gasteiger partial charge in [-0.3, -0.25) is 4.79 Å². The van der Waals surface area contributed by atoms with Gasteiger partial charge in [0.25, 0.3) is 9.70 Å². The van der Waals surface area contributed by atoms with Crippen molar-refractivity contribution < 1.29 is 4.79 Å². The SMILES string of the molecule is CC(C)(C)C1CCC(NC(=O)C(Cl)(Cl)Cl)CC1. The first kappa shape index (κ1) is 15.4. The molecule has 0 spiro atoms. The molecule has 0 aliphatic heterocycles. The van der Waals surface area contributed by atoms with Crippen LogP contribution in [0.3, 0.4) is 0 Å². The van der Waals surface area contributed by atoms with Gasteiger partial charge in [-0.15, -0.1) is 0 Å². The van der Waals surface area contributed by atoms with Gasteiger partial charge in [0.05, 0.1) is 0 Å². The fraction of sp³-hybridized carbons (Fsp3) is 0.917. The number of hydrogen-bond donors (Lipinski definition) is 1. The molecule has 1 saturated carbocycles. The Morgan fingerprint density at radius 3 is 1.88 bits per heavy atom. The van der Waals surface area contributed by atoms with Crippen LogP contribution in [0.25, 0.3) is 0 Å². The van der Waals surface area contributed by atoms with Crippen LogP contribution in [-0.2, 0) is 4.79 Å². The van der Waals surface area contributed by atoms with Crippen molar-refractivity contribution in [3.63, 3.8) is 0 Å². The highest BCUT2D eigenvalue weighted by Gasteiger charge is 2.35. The topological polar surface area (TPSA) is 29.1 Å². The molecule has 100 valence electrons. The largest absolute Gasteiger partial charge is 0.350 e. The molecule has 0 unspecified atom stereocenters. The van der Waals surface area contributed by atoms with Gasteiger partial charge in [0.1, 0.15) is 0 Å². The lowest BCUT2D eigenvalue weighted by Crippen LogP contribution is -2.44. The average molecular weight is 301 g/mol. The number of amides is 1. The number of carbonyl (C=O) groups excluding carboxylic acids is 1. The van der Waals surface area contributed by atoms with E-state index in [1.54, 1.807) is 0 Å². The van der Waals surface area contributed by atoms with E-state index < -0.39 is 9.70 Å². The van der Waals surface area contributed by atoms with Crippen LogP contribution >= 0.6 is 34.8 Å². The third-order valence-corrected chi connectivity index (χ3v) is 4.06. The van der Waals surface area contributed by atoms with Gasteiger partial charge >= 0.3 is 0 Å². The standard InChI is InChI=1S/C12H20Cl3NO/c1-11(2,3)8-4-6-9(7-5-8)16-10(17)12(13,14)15/h8-9H,4-7H2,1-3H3,(H,16,17). The minimum atomic E-state index is -1.85. The van der Waals surface area contributed by atoms with Crippen molar-refractivity contribution in [1.29, 1.82) is 0 Å². The third kappa shape index (κ3) is 4.84. The highest BCUT2D eigenvalue weighted by Crippen LogP contribution is 2.38. The summed E-state index contributed by atoms with van der Waals surface area (Å²) in [5, 5.41) is 2.80. The fourth-order valence-corrected chi connectivity index (χ4v) is 2.53. The quantitative estimate of drug-likeness (QED) is 0.726. The van der Waals surface area contributed by atoms with Crippen molar-refractivity contribution in [2.75, 3.05) is 0 Å². The van der Waals surface area contributed by atoms with Gasteiger partial charge in [-0.05, 0) is 37.0 Å². The van der Waals surface area contributed by atoms with E-state index in [2.05, 4.69) is 26.1 Å². The van der Waals surface area contributed by atoms with Crippen LogP contribution in [0.2, 0.25) is 0 Å². The van der Waals surface area contributed by atoms with E-state index in [0.717, 1.165) is 25.7 Å². The molecule has 1 aliphatic rings. The zero-order valence-corrected chi connectivity index (χ0v) is 12.8. The lowest BCUT2D eigenvalue weighted by Gasteiger charge is -2.37.